The third kappa shape index (κ3) is 3.10. The van der Waals surface area contributed by atoms with Crippen molar-refractivity contribution in [1.29, 1.82) is 0 Å². The van der Waals surface area contributed by atoms with E-state index < -0.39 is 0 Å². The van der Waals surface area contributed by atoms with Crippen molar-refractivity contribution in [3.63, 3.8) is 0 Å². The average molecular weight is 222 g/mol. The molecule has 0 aromatic rings. The molecule has 16 heavy (non-hydrogen) atoms. The SMILES string of the molecule is O=C1OCC2=C1CCCCCCCCCC2. The van der Waals surface area contributed by atoms with E-state index in [2.05, 4.69) is 0 Å². The maximum Gasteiger partial charge on any atom is 0.334 e. The summed E-state index contributed by atoms with van der Waals surface area (Å²) in [5, 5.41) is 0. The first-order valence-corrected chi connectivity index (χ1v) is 6.76. The molecular weight excluding hydrogens is 200 g/mol. The molecule has 0 atom stereocenters. The number of hydrogen-bond donors (Lipinski definition) is 0. The Bertz CT molecular complexity index is 278. The van der Waals surface area contributed by atoms with E-state index in [0.717, 1.165) is 24.8 Å². The highest BCUT2D eigenvalue weighted by Gasteiger charge is 2.23. The summed E-state index contributed by atoms with van der Waals surface area (Å²) in [4.78, 5) is 11.5. The predicted molar refractivity (Wildman–Crippen MR) is 64.2 cm³/mol. The summed E-state index contributed by atoms with van der Waals surface area (Å²) in [6.45, 7) is 0.578. The van der Waals surface area contributed by atoms with Crippen LogP contribution in [0.4, 0.5) is 0 Å². The van der Waals surface area contributed by atoms with Crippen molar-refractivity contribution in [2.45, 2.75) is 64.2 Å². The molecule has 0 radical (unpaired) electrons. The van der Waals surface area contributed by atoms with Crippen molar-refractivity contribution in [3.8, 4) is 0 Å². The normalized spacial score (nSPS) is 24.4. The van der Waals surface area contributed by atoms with Gasteiger partial charge in [0.1, 0.15) is 6.61 Å². The lowest BCUT2D eigenvalue weighted by Gasteiger charge is -2.07. The van der Waals surface area contributed by atoms with Gasteiger partial charge >= 0.3 is 5.97 Å². The highest BCUT2D eigenvalue weighted by atomic mass is 16.5. The summed E-state index contributed by atoms with van der Waals surface area (Å²) in [6.07, 6.45) is 12.5. The fourth-order valence-electron chi connectivity index (χ4n) is 2.67. The summed E-state index contributed by atoms with van der Waals surface area (Å²) in [6, 6.07) is 0. The largest absolute Gasteiger partial charge is 0.458 e. The molecule has 0 saturated carbocycles. The molecule has 0 spiro atoms. The Labute approximate surface area is 98.1 Å². The van der Waals surface area contributed by atoms with E-state index >= 15 is 0 Å². The number of rotatable bonds is 0. The van der Waals surface area contributed by atoms with Crippen molar-refractivity contribution in [2.75, 3.05) is 6.61 Å². The Hall–Kier alpha value is -0.790. The highest BCUT2D eigenvalue weighted by Crippen LogP contribution is 2.26. The monoisotopic (exact) mass is 222 g/mol. The van der Waals surface area contributed by atoms with Crippen LogP contribution in [-0.4, -0.2) is 12.6 Å². The number of carbonyl (C=O) groups is 1. The summed E-state index contributed by atoms with van der Waals surface area (Å²) in [5.41, 5.74) is 2.31. The minimum atomic E-state index is -0.0351. The molecule has 2 heteroatoms. The highest BCUT2D eigenvalue weighted by molar-refractivity contribution is 5.91. The Balaban J connectivity index is 1.96. The summed E-state index contributed by atoms with van der Waals surface area (Å²) < 4.78 is 5.14. The Morgan fingerprint density at radius 2 is 1.31 bits per heavy atom. The van der Waals surface area contributed by atoms with Crippen LogP contribution in [0.1, 0.15) is 64.2 Å². The molecule has 2 aliphatic rings. The van der Waals surface area contributed by atoms with Crippen LogP contribution in [0.3, 0.4) is 0 Å². The molecule has 0 aromatic carbocycles. The second-order valence-corrected chi connectivity index (χ2v) is 4.99. The lowest BCUT2D eigenvalue weighted by atomic mass is 9.96. The quantitative estimate of drug-likeness (QED) is 0.583. The second kappa shape index (κ2) is 6.07. The Morgan fingerprint density at radius 1 is 0.750 bits per heavy atom. The number of hydrogen-bond acceptors (Lipinski definition) is 2. The van der Waals surface area contributed by atoms with Crippen LogP contribution in [0.25, 0.3) is 0 Å². The zero-order valence-corrected chi connectivity index (χ0v) is 10.1. The molecule has 0 unspecified atom stereocenters. The van der Waals surface area contributed by atoms with Gasteiger partial charge in [-0.3, -0.25) is 0 Å². The number of ether oxygens (including phenoxy) is 1. The standard InChI is InChI=1S/C14H22O2/c15-14-13-10-8-6-4-2-1-3-5-7-9-12(13)11-16-14/h1-11H2. The molecule has 1 heterocycles. The van der Waals surface area contributed by atoms with Gasteiger partial charge in [0.15, 0.2) is 0 Å². The van der Waals surface area contributed by atoms with Crippen molar-refractivity contribution in [2.24, 2.45) is 0 Å². The summed E-state index contributed by atoms with van der Waals surface area (Å²) in [5.74, 6) is -0.0351. The number of esters is 1. The molecule has 0 fully saturated rings. The second-order valence-electron chi connectivity index (χ2n) is 4.99. The molecule has 90 valence electrons. The van der Waals surface area contributed by atoms with Crippen molar-refractivity contribution in [1.82, 2.24) is 0 Å². The minimum absolute atomic E-state index is 0.0351. The summed E-state index contributed by atoms with van der Waals surface area (Å²) >= 11 is 0. The third-order valence-electron chi connectivity index (χ3n) is 3.71. The maximum absolute atomic E-state index is 11.5. The maximum atomic E-state index is 11.5. The third-order valence-corrected chi connectivity index (χ3v) is 3.71. The van der Waals surface area contributed by atoms with E-state index in [1.54, 1.807) is 0 Å². The van der Waals surface area contributed by atoms with E-state index in [1.165, 1.54) is 50.5 Å². The van der Waals surface area contributed by atoms with Gasteiger partial charge in [-0.15, -0.1) is 0 Å². The van der Waals surface area contributed by atoms with E-state index in [4.69, 9.17) is 4.74 Å². The van der Waals surface area contributed by atoms with E-state index in [9.17, 15) is 4.79 Å². The van der Waals surface area contributed by atoms with Crippen LogP contribution in [0, 0.1) is 0 Å². The lowest BCUT2D eigenvalue weighted by Crippen LogP contribution is -1.99. The first-order chi connectivity index (χ1) is 7.88. The molecule has 0 saturated heterocycles. The lowest BCUT2D eigenvalue weighted by molar-refractivity contribution is -0.136. The molecule has 2 rings (SSSR count). The smallest absolute Gasteiger partial charge is 0.334 e. The van der Waals surface area contributed by atoms with Gasteiger partial charge in [0.25, 0.3) is 0 Å². The average Bonchev–Trinajstić information content (AvgIpc) is 2.60. The van der Waals surface area contributed by atoms with Gasteiger partial charge in [0, 0.05) is 5.57 Å². The predicted octanol–water partition coefficient (Wildman–Crippen LogP) is 3.75. The van der Waals surface area contributed by atoms with Gasteiger partial charge < -0.3 is 4.74 Å². The molecular formula is C14H22O2. The van der Waals surface area contributed by atoms with E-state index in [-0.39, 0.29) is 5.97 Å². The van der Waals surface area contributed by atoms with Crippen LogP contribution in [0.5, 0.6) is 0 Å². The molecule has 0 aromatic heterocycles. The molecule has 1 aliphatic heterocycles. The number of cyclic esters (lactones) is 1. The van der Waals surface area contributed by atoms with Gasteiger partial charge in [-0.2, -0.15) is 0 Å². The van der Waals surface area contributed by atoms with Crippen LogP contribution < -0.4 is 0 Å². The van der Waals surface area contributed by atoms with E-state index in [1.807, 2.05) is 0 Å². The van der Waals surface area contributed by atoms with Crippen LogP contribution >= 0.6 is 0 Å². The van der Waals surface area contributed by atoms with Crippen molar-refractivity contribution < 1.29 is 9.53 Å². The fraction of sp³-hybridized carbons (Fsp3) is 0.786. The molecule has 0 amide bonds. The molecule has 0 N–H and O–H groups in total. The minimum Gasteiger partial charge on any atom is -0.458 e. The molecule has 1 aliphatic carbocycles. The summed E-state index contributed by atoms with van der Waals surface area (Å²) in [7, 11) is 0. The Kier molecular flexibility index (Phi) is 4.44. The van der Waals surface area contributed by atoms with Crippen molar-refractivity contribution in [3.05, 3.63) is 11.1 Å². The zero-order valence-electron chi connectivity index (χ0n) is 10.1. The molecule has 2 nitrogen and oxygen atoms in total. The fourth-order valence-corrected chi connectivity index (χ4v) is 2.67. The van der Waals surface area contributed by atoms with Gasteiger partial charge in [-0.1, -0.05) is 38.5 Å². The van der Waals surface area contributed by atoms with Crippen LogP contribution in [0.15, 0.2) is 11.1 Å². The first kappa shape index (κ1) is 11.7. The zero-order chi connectivity index (χ0) is 11.2. The van der Waals surface area contributed by atoms with Gasteiger partial charge in [0.2, 0.25) is 0 Å². The Morgan fingerprint density at radius 3 is 2.00 bits per heavy atom. The first-order valence-electron chi connectivity index (χ1n) is 6.76. The van der Waals surface area contributed by atoms with Crippen LogP contribution in [0.2, 0.25) is 0 Å². The van der Waals surface area contributed by atoms with Crippen molar-refractivity contribution >= 4 is 5.97 Å². The number of carbonyl (C=O) groups excluding carboxylic acids is 1. The van der Waals surface area contributed by atoms with Gasteiger partial charge in [0.05, 0.1) is 0 Å². The van der Waals surface area contributed by atoms with Gasteiger partial charge in [-0.05, 0) is 31.3 Å². The van der Waals surface area contributed by atoms with Gasteiger partial charge in [-0.25, -0.2) is 4.79 Å². The van der Waals surface area contributed by atoms with E-state index in [0.29, 0.717) is 6.61 Å². The van der Waals surface area contributed by atoms with Crippen LogP contribution in [-0.2, 0) is 9.53 Å². The molecule has 0 bridgehead atoms. The topological polar surface area (TPSA) is 26.3 Å².